The second kappa shape index (κ2) is 7.66. The molecule has 0 saturated carbocycles. The lowest BCUT2D eigenvalue weighted by Crippen LogP contribution is -2.45. The molecule has 0 atom stereocenters. The minimum absolute atomic E-state index is 0. The molecular formula is C10H18Cl2N4O. The van der Waals surface area contributed by atoms with Gasteiger partial charge in [-0.15, -0.1) is 24.8 Å². The standard InChI is InChI=1S/C10H16N4O.2ClH/c1-13-7-9(6-12-13)10(15)8-14-4-2-11-3-5-14;;/h6-7,11H,2-5,8H2,1H3;2*1H. The van der Waals surface area contributed by atoms with Crippen molar-refractivity contribution in [3.63, 3.8) is 0 Å². The topological polar surface area (TPSA) is 50.2 Å². The van der Waals surface area contributed by atoms with E-state index < -0.39 is 0 Å². The molecule has 1 fully saturated rings. The van der Waals surface area contributed by atoms with E-state index in [2.05, 4.69) is 15.3 Å². The highest BCUT2D eigenvalue weighted by Gasteiger charge is 2.15. The van der Waals surface area contributed by atoms with Gasteiger partial charge in [0.1, 0.15) is 0 Å². The van der Waals surface area contributed by atoms with E-state index in [-0.39, 0.29) is 30.6 Å². The lowest BCUT2D eigenvalue weighted by atomic mass is 10.2. The van der Waals surface area contributed by atoms with Gasteiger partial charge in [0.2, 0.25) is 0 Å². The molecular weight excluding hydrogens is 263 g/mol. The molecule has 0 unspecified atom stereocenters. The highest BCUT2D eigenvalue weighted by molar-refractivity contribution is 5.97. The average molecular weight is 281 g/mol. The van der Waals surface area contributed by atoms with Crippen LogP contribution in [0.15, 0.2) is 12.4 Å². The number of nitrogens with one attached hydrogen (secondary N) is 1. The summed E-state index contributed by atoms with van der Waals surface area (Å²) in [5.74, 6) is 0.157. The van der Waals surface area contributed by atoms with Crippen molar-refractivity contribution in [2.75, 3.05) is 32.7 Å². The number of aryl methyl sites for hydroxylation is 1. The maximum Gasteiger partial charge on any atom is 0.179 e. The molecule has 17 heavy (non-hydrogen) atoms. The van der Waals surface area contributed by atoms with Crippen molar-refractivity contribution in [3.8, 4) is 0 Å². The van der Waals surface area contributed by atoms with Gasteiger partial charge in [0.25, 0.3) is 0 Å². The minimum Gasteiger partial charge on any atom is -0.314 e. The number of rotatable bonds is 3. The summed E-state index contributed by atoms with van der Waals surface area (Å²) in [5.41, 5.74) is 0.705. The smallest absolute Gasteiger partial charge is 0.179 e. The molecule has 0 aromatic carbocycles. The first-order valence-corrected chi connectivity index (χ1v) is 5.20. The zero-order valence-electron chi connectivity index (χ0n) is 9.76. The van der Waals surface area contributed by atoms with Crippen LogP contribution in [0.4, 0.5) is 0 Å². The fourth-order valence-corrected chi connectivity index (χ4v) is 1.73. The highest BCUT2D eigenvalue weighted by Crippen LogP contribution is 2.01. The molecule has 0 amide bonds. The number of aromatic nitrogens is 2. The van der Waals surface area contributed by atoms with Gasteiger partial charge in [-0.2, -0.15) is 5.10 Å². The molecule has 1 aliphatic heterocycles. The van der Waals surface area contributed by atoms with Gasteiger partial charge < -0.3 is 5.32 Å². The number of hydrogen-bond donors (Lipinski definition) is 1. The highest BCUT2D eigenvalue weighted by atomic mass is 35.5. The van der Waals surface area contributed by atoms with Gasteiger partial charge >= 0.3 is 0 Å². The lowest BCUT2D eigenvalue weighted by molar-refractivity contribution is 0.0921. The van der Waals surface area contributed by atoms with Gasteiger partial charge in [-0.1, -0.05) is 0 Å². The molecule has 1 aliphatic rings. The Balaban J connectivity index is 0.00000128. The van der Waals surface area contributed by atoms with Crippen molar-refractivity contribution < 1.29 is 4.79 Å². The van der Waals surface area contributed by atoms with E-state index >= 15 is 0 Å². The molecule has 0 aliphatic carbocycles. The molecule has 0 radical (unpaired) electrons. The maximum absolute atomic E-state index is 11.8. The van der Waals surface area contributed by atoms with Gasteiger partial charge in [0.05, 0.1) is 18.3 Å². The molecule has 1 N–H and O–H groups in total. The van der Waals surface area contributed by atoms with E-state index in [1.807, 2.05) is 7.05 Å². The quantitative estimate of drug-likeness (QED) is 0.812. The molecule has 2 rings (SSSR count). The van der Waals surface area contributed by atoms with Gasteiger partial charge in [-0.3, -0.25) is 14.4 Å². The first kappa shape index (κ1) is 16.4. The van der Waals surface area contributed by atoms with Crippen LogP contribution in [0.25, 0.3) is 0 Å². The second-order valence-corrected chi connectivity index (χ2v) is 3.85. The average Bonchev–Trinajstić information content (AvgIpc) is 2.66. The van der Waals surface area contributed by atoms with Crippen LogP contribution < -0.4 is 5.32 Å². The Hall–Kier alpha value is -0.620. The van der Waals surface area contributed by atoms with E-state index in [1.54, 1.807) is 17.1 Å². The summed E-state index contributed by atoms with van der Waals surface area (Å²) >= 11 is 0. The number of Topliss-reactive ketones (excluding diaryl/α,β-unsaturated/α-hetero) is 1. The number of nitrogens with zero attached hydrogens (tertiary/aromatic N) is 3. The number of piperazine rings is 1. The number of carbonyl (C=O) groups excluding carboxylic acids is 1. The van der Waals surface area contributed by atoms with Crippen molar-refractivity contribution in [2.24, 2.45) is 7.05 Å². The third-order valence-corrected chi connectivity index (χ3v) is 2.60. The predicted octanol–water partition coefficient (Wildman–Crippen LogP) is 0.352. The van der Waals surface area contributed by atoms with Gasteiger partial charge in [-0.05, 0) is 0 Å². The molecule has 1 aromatic rings. The molecule has 98 valence electrons. The SMILES string of the molecule is Cl.Cl.Cn1cc(C(=O)CN2CCNCC2)cn1. The van der Waals surface area contributed by atoms with E-state index in [1.165, 1.54) is 0 Å². The third kappa shape index (κ3) is 4.63. The molecule has 2 heterocycles. The van der Waals surface area contributed by atoms with Crippen molar-refractivity contribution in [1.82, 2.24) is 20.0 Å². The van der Waals surface area contributed by atoms with Crippen LogP contribution in [0.1, 0.15) is 10.4 Å². The summed E-state index contributed by atoms with van der Waals surface area (Å²) in [4.78, 5) is 14.0. The Bertz CT molecular complexity index is 350. The molecule has 7 heteroatoms. The van der Waals surface area contributed by atoms with Crippen LogP contribution in [0.3, 0.4) is 0 Å². The monoisotopic (exact) mass is 280 g/mol. The van der Waals surface area contributed by atoms with E-state index in [0.717, 1.165) is 26.2 Å². The van der Waals surface area contributed by atoms with Crippen LogP contribution >= 0.6 is 24.8 Å². The minimum atomic E-state index is 0. The number of ketones is 1. The second-order valence-electron chi connectivity index (χ2n) is 3.85. The molecule has 0 bridgehead atoms. The summed E-state index contributed by atoms with van der Waals surface area (Å²) in [6, 6.07) is 0. The fourth-order valence-electron chi connectivity index (χ4n) is 1.73. The zero-order valence-corrected chi connectivity index (χ0v) is 11.4. The van der Waals surface area contributed by atoms with Crippen LogP contribution in [-0.4, -0.2) is 53.2 Å². The Morgan fingerprint density at radius 1 is 1.41 bits per heavy atom. The molecule has 1 aromatic heterocycles. The maximum atomic E-state index is 11.8. The summed E-state index contributed by atoms with van der Waals surface area (Å²) < 4.78 is 1.66. The van der Waals surface area contributed by atoms with Crippen LogP contribution in [0, 0.1) is 0 Å². The zero-order chi connectivity index (χ0) is 10.7. The van der Waals surface area contributed by atoms with E-state index in [9.17, 15) is 4.79 Å². The van der Waals surface area contributed by atoms with Crippen LogP contribution in [-0.2, 0) is 7.05 Å². The summed E-state index contributed by atoms with van der Waals surface area (Å²) in [6.07, 6.45) is 3.40. The summed E-state index contributed by atoms with van der Waals surface area (Å²) in [5, 5.41) is 7.26. The fraction of sp³-hybridized carbons (Fsp3) is 0.600. The van der Waals surface area contributed by atoms with Crippen LogP contribution in [0.2, 0.25) is 0 Å². The predicted molar refractivity (Wildman–Crippen MR) is 71.3 cm³/mol. The summed E-state index contributed by atoms with van der Waals surface area (Å²) in [6.45, 7) is 4.35. The van der Waals surface area contributed by atoms with Crippen LogP contribution in [0.5, 0.6) is 0 Å². The number of carbonyl (C=O) groups is 1. The van der Waals surface area contributed by atoms with Crippen molar-refractivity contribution in [1.29, 1.82) is 0 Å². The van der Waals surface area contributed by atoms with Gasteiger partial charge in [0.15, 0.2) is 5.78 Å². The normalized spacial score (nSPS) is 15.8. The number of hydrogen-bond acceptors (Lipinski definition) is 4. The lowest BCUT2D eigenvalue weighted by Gasteiger charge is -2.26. The van der Waals surface area contributed by atoms with Crippen molar-refractivity contribution in [2.45, 2.75) is 0 Å². The summed E-state index contributed by atoms with van der Waals surface area (Å²) in [7, 11) is 1.82. The van der Waals surface area contributed by atoms with E-state index in [0.29, 0.717) is 12.1 Å². The Kier molecular flexibility index (Phi) is 7.38. The van der Waals surface area contributed by atoms with Crippen molar-refractivity contribution >= 4 is 30.6 Å². The Labute approximate surface area is 113 Å². The van der Waals surface area contributed by atoms with Gasteiger partial charge in [-0.25, -0.2) is 0 Å². The molecule has 1 saturated heterocycles. The molecule has 5 nitrogen and oxygen atoms in total. The van der Waals surface area contributed by atoms with E-state index in [4.69, 9.17) is 0 Å². The first-order chi connectivity index (χ1) is 7.25. The Morgan fingerprint density at radius 2 is 2.06 bits per heavy atom. The largest absolute Gasteiger partial charge is 0.314 e. The number of halogens is 2. The van der Waals surface area contributed by atoms with Crippen molar-refractivity contribution in [3.05, 3.63) is 18.0 Å². The Morgan fingerprint density at radius 3 is 2.59 bits per heavy atom. The van der Waals surface area contributed by atoms with Gasteiger partial charge in [0, 0.05) is 39.4 Å². The first-order valence-electron chi connectivity index (χ1n) is 5.20. The third-order valence-electron chi connectivity index (χ3n) is 2.60. The molecule has 0 spiro atoms.